The average Bonchev–Trinajstić information content (AvgIpc) is 3.28. The van der Waals surface area contributed by atoms with Crippen LogP contribution in [0.1, 0.15) is 5.56 Å². The summed E-state index contributed by atoms with van der Waals surface area (Å²) in [5, 5.41) is 8.71. The first-order valence-corrected chi connectivity index (χ1v) is 8.29. The molecular weight excluding hydrogens is 328 g/mol. The number of nitrogens with zero attached hydrogens (tertiary/aromatic N) is 2. The van der Waals surface area contributed by atoms with Crippen LogP contribution < -0.4 is 14.2 Å². The summed E-state index contributed by atoms with van der Waals surface area (Å²) in [7, 11) is 1.65. The molecule has 24 heavy (non-hydrogen) atoms. The smallest absolute Gasteiger partial charge is 0.277 e. The van der Waals surface area contributed by atoms with Gasteiger partial charge in [-0.3, -0.25) is 0 Å². The second-order valence-electron chi connectivity index (χ2n) is 5.08. The molecule has 7 heteroatoms. The molecule has 0 N–H and O–H groups in total. The van der Waals surface area contributed by atoms with Gasteiger partial charge in [-0.15, -0.1) is 10.2 Å². The largest absolute Gasteiger partial charge is 0.497 e. The Balaban J connectivity index is 1.46. The predicted octanol–water partition coefficient (Wildman–Crippen LogP) is 3.77. The Labute approximate surface area is 142 Å². The van der Waals surface area contributed by atoms with E-state index >= 15 is 0 Å². The molecule has 0 spiro atoms. The maximum absolute atomic E-state index is 5.72. The van der Waals surface area contributed by atoms with Crippen LogP contribution in [0.3, 0.4) is 0 Å². The molecule has 1 aromatic heterocycles. The van der Waals surface area contributed by atoms with Gasteiger partial charge >= 0.3 is 0 Å². The second-order valence-corrected chi connectivity index (χ2v) is 6.01. The highest BCUT2D eigenvalue weighted by Gasteiger charge is 2.16. The lowest BCUT2D eigenvalue weighted by Crippen LogP contribution is -1.92. The molecule has 1 aliphatic rings. The maximum Gasteiger partial charge on any atom is 0.277 e. The zero-order valence-electron chi connectivity index (χ0n) is 12.9. The topological polar surface area (TPSA) is 66.6 Å². The number of hydrogen-bond acceptors (Lipinski definition) is 7. The fourth-order valence-electron chi connectivity index (χ4n) is 2.32. The Bertz CT molecular complexity index is 865. The Morgan fingerprint density at radius 2 is 2.00 bits per heavy atom. The maximum atomic E-state index is 5.72. The van der Waals surface area contributed by atoms with Gasteiger partial charge in [0.25, 0.3) is 5.22 Å². The molecule has 0 amide bonds. The minimum absolute atomic E-state index is 0.240. The van der Waals surface area contributed by atoms with E-state index in [9.17, 15) is 0 Å². The number of methoxy groups -OCH3 is 1. The molecule has 3 aromatic rings. The van der Waals surface area contributed by atoms with E-state index in [1.165, 1.54) is 11.8 Å². The van der Waals surface area contributed by atoms with Crippen LogP contribution in [0.4, 0.5) is 0 Å². The Hall–Kier alpha value is -2.67. The summed E-state index contributed by atoms with van der Waals surface area (Å²) < 4.78 is 21.6. The highest BCUT2D eigenvalue weighted by molar-refractivity contribution is 7.98. The van der Waals surface area contributed by atoms with E-state index in [2.05, 4.69) is 10.2 Å². The molecule has 0 radical (unpaired) electrons. The molecular formula is C17H14N2O4S. The van der Waals surface area contributed by atoms with E-state index in [1.54, 1.807) is 7.11 Å². The molecule has 1 aliphatic heterocycles. The minimum atomic E-state index is 0.240. The number of thioether (sulfide) groups is 1. The van der Waals surface area contributed by atoms with Crippen molar-refractivity contribution in [1.29, 1.82) is 0 Å². The van der Waals surface area contributed by atoms with Gasteiger partial charge in [-0.1, -0.05) is 23.9 Å². The van der Waals surface area contributed by atoms with Crippen molar-refractivity contribution in [2.75, 3.05) is 13.9 Å². The average molecular weight is 342 g/mol. The first-order valence-electron chi connectivity index (χ1n) is 7.31. The van der Waals surface area contributed by atoms with Crippen molar-refractivity contribution in [2.24, 2.45) is 0 Å². The summed E-state index contributed by atoms with van der Waals surface area (Å²) in [5.41, 5.74) is 1.93. The van der Waals surface area contributed by atoms with E-state index in [0.29, 0.717) is 16.9 Å². The summed E-state index contributed by atoms with van der Waals surface area (Å²) in [6, 6.07) is 13.4. The van der Waals surface area contributed by atoms with E-state index in [-0.39, 0.29) is 6.79 Å². The van der Waals surface area contributed by atoms with Crippen LogP contribution in [-0.4, -0.2) is 24.1 Å². The van der Waals surface area contributed by atoms with Crippen LogP contribution >= 0.6 is 11.8 Å². The number of fused-ring (bicyclic) bond motifs is 1. The highest BCUT2D eigenvalue weighted by atomic mass is 32.2. The quantitative estimate of drug-likeness (QED) is 0.654. The van der Waals surface area contributed by atoms with Crippen LogP contribution in [0.25, 0.3) is 11.5 Å². The molecule has 2 heterocycles. The van der Waals surface area contributed by atoms with Crippen molar-refractivity contribution in [3.63, 3.8) is 0 Å². The van der Waals surface area contributed by atoms with Gasteiger partial charge in [0.1, 0.15) is 5.75 Å². The first-order chi connectivity index (χ1) is 11.8. The SMILES string of the molecule is COc1cccc(CSc2nnc(-c3ccc4c(c3)OCO4)o2)c1. The standard InChI is InChI=1S/C17H14N2O4S/c1-20-13-4-2-3-11(7-13)9-24-17-19-18-16(23-17)12-5-6-14-15(8-12)22-10-21-14/h2-8H,9-10H2,1H3. The molecule has 0 saturated carbocycles. The van der Waals surface area contributed by atoms with Crippen molar-refractivity contribution in [1.82, 2.24) is 10.2 Å². The van der Waals surface area contributed by atoms with Gasteiger partial charge in [-0.05, 0) is 35.9 Å². The third-order valence-corrected chi connectivity index (χ3v) is 4.41. The molecule has 122 valence electrons. The van der Waals surface area contributed by atoms with Gasteiger partial charge in [0.05, 0.1) is 7.11 Å². The number of benzene rings is 2. The molecule has 2 aromatic carbocycles. The van der Waals surface area contributed by atoms with Crippen LogP contribution in [0, 0.1) is 0 Å². The Morgan fingerprint density at radius 1 is 1.08 bits per heavy atom. The molecule has 0 atom stereocenters. The van der Waals surface area contributed by atoms with E-state index < -0.39 is 0 Å². The summed E-state index contributed by atoms with van der Waals surface area (Å²) in [4.78, 5) is 0. The van der Waals surface area contributed by atoms with Crippen LogP contribution in [-0.2, 0) is 5.75 Å². The van der Waals surface area contributed by atoms with Gasteiger partial charge in [0.2, 0.25) is 12.7 Å². The molecule has 0 unspecified atom stereocenters. The van der Waals surface area contributed by atoms with Gasteiger partial charge in [-0.2, -0.15) is 0 Å². The Kier molecular flexibility index (Phi) is 4.00. The summed E-state index contributed by atoms with van der Waals surface area (Å²) >= 11 is 1.48. The van der Waals surface area contributed by atoms with Crippen molar-refractivity contribution in [3.05, 3.63) is 48.0 Å². The zero-order valence-corrected chi connectivity index (χ0v) is 13.7. The second kappa shape index (κ2) is 6.45. The highest BCUT2D eigenvalue weighted by Crippen LogP contribution is 2.36. The lowest BCUT2D eigenvalue weighted by Gasteiger charge is -2.02. The lowest BCUT2D eigenvalue weighted by molar-refractivity contribution is 0.174. The molecule has 4 rings (SSSR count). The molecule has 0 aliphatic carbocycles. The van der Waals surface area contributed by atoms with Crippen LogP contribution in [0.5, 0.6) is 17.2 Å². The Morgan fingerprint density at radius 3 is 2.92 bits per heavy atom. The normalized spacial score (nSPS) is 12.4. The molecule has 0 fully saturated rings. The number of hydrogen-bond donors (Lipinski definition) is 0. The number of aromatic nitrogens is 2. The van der Waals surface area contributed by atoms with Gasteiger partial charge in [0.15, 0.2) is 11.5 Å². The molecule has 0 saturated heterocycles. The number of rotatable bonds is 5. The lowest BCUT2D eigenvalue weighted by atomic mass is 10.2. The van der Waals surface area contributed by atoms with Crippen molar-refractivity contribution in [2.45, 2.75) is 11.0 Å². The first kappa shape index (κ1) is 14.9. The van der Waals surface area contributed by atoms with E-state index in [1.807, 2.05) is 42.5 Å². The van der Waals surface area contributed by atoms with Gasteiger partial charge in [0, 0.05) is 11.3 Å². The number of ether oxygens (including phenoxy) is 3. The van der Waals surface area contributed by atoms with Crippen LogP contribution in [0.2, 0.25) is 0 Å². The van der Waals surface area contributed by atoms with Crippen molar-refractivity contribution >= 4 is 11.8 Å². The van der Waals surface area contributed by atoms with Crippen LogP contribution in [0.15, 0.2) is 52.1 Å². The summed E-state index contributed by atoms with van der Waals surface area (Å²) in [6.07, 6.45) is 0. The third kappa shape index (κ3) is 3.03. The van der Waals surface area contributed by atoms with Gasteiger partial charge < -0.3 is 18.6 Å². The van der Waals surface area contributed by atoms with E-state index in [4.69, 9.17) is 18.6 Å². The summed E-state index contributed by atoms with van der Waals surface area (Å²) in [6.45, 7) is 0.240. The predicted molar refractivity (Wildman–Crippen MR) is 88.4 cm³/mol. The monoisotopic (exact) mass is 342 g/mol. The molecule has 0 bridgehead atoms. The fourth-order valence-corrected chi connectivity index (χ4v) is 3.03. The fraction of sp³-hybridized carbons (Fsp3) is 0.176. The van der Waals surface area contributed by atoms with Crippen molar-refractivity contribution in [3.8, 4) is 28.7 Å². The summed E-state index contributed by atoms with van der Waals surface area (Å²) in [5.74, 6) is 3.43. The van der Waals surface area contributed by atoms with Crippen molar-refractivity contribution < 1.29 is 18.6 Å². The van der Waals surface area contributed by atoms with E-state index in [0.717, 1.165) is 28.4 Å². The molecule has 6 nitrogen and oxygen atoms in total. The van der Waals surface area contributed by atoms with Gasteiger partial charge in [-0.25, -0.2) is 0 Å². The zero-order chi connectivity index (χ0) is 16.4. The minimum Gasteiger partial charge on any atom is -0.497 e. The third-order valence-electron chi connectivity index (χ3n) is 3.52.